The third-order valence-electron chi connectivity index (χ3n) is 4.54. The van der Waals surface area contributed by atoms with Gasteiger partial charge in [-0.3, -0.25) is 10.1 Å². The predicted octanol–water partition coefficient (Wildman–Crippen LogP) is 5.73. The normalized spacial score (nSPS) is 12.1. The van der Waals surface area contributed by atoms with E-state index < -0.39 is 4.92 Å². The van der Waals surface area contributed by atoms with Crippen molar-refractivity contribution in [1.82, 2.24) is 14.5 Å². The van der Waals surface area contributed by atoms with E-state index in [4.69, 9.17) is 23.2 Å². The Balaban J connectivity index is 1.86. The van der Waals surface area contributed by atoms with Crippen LogP contribution in [0, 0.1) is 10.1 Å². The average Bonchev–Trinajstić information content (AvgIpc) is 3.35. The molecule has 4 aromatic rings. The van der Waals surface area contributed by atoms with Crippen molar-refractivity contribution in [1.29, 1.82) is 0 Å². The molecule has 0 aliphatic heterocycles. The summed E-state index contributed by atoms with van der Waals surface area (Å²) in [6.07, 6.45) is 9.03. The molecule has 4 rings (SSSR count). The molecule has 0 bridgehead atoms. The van der Waals surface area contributed by atoms with E-state index in [1.807, 2.05) is 29.2 Å². The van der Waals surface area contributed by atoms with E-state index in [1.165, 1.54) is 12.1 Å². The maximum absolute atomic E-state index is 11.0. The summed E-state index contributed by atoms with van der Waals surface area (Å²) in [7, 11) is 0. The SMILES string of the molecule is O=[N+]([O-])c1ccc(C(c2c[nH]cc2-c2ccc(Cl)cc2Cl)n2ccnc2)cc1. The summed E-state index contributed by atoms with van der Waals surface area (Å²) in [5.74, 6) is 0. The molecule has 0 amide bonds. The molecule has 0 saturated carbocycles. The summed E-state index contributed by atoms with van der Waals surface area (Å²) in [5, 5.41) is 12.1. The average molecular weight is 413 g/mol. The molecule has 0 spiro atoms. The van der Waals surface area contributed by atoms with Crippen molar-refractivity contribution in [3.8, 4) is 11.1 Å². The highest BCUT2D eigenvalue weighted by Crippen LogP contribution is 2.38. The first-order valence-electron chi connectivity index (χ1n) is 8.38. The second-order valence-electron chi connectivity index (χ2n) is 6.21. The highest BCUT2D eigenvalue weighted by atomic mass is 35.5. The standard InChI is InChI=1S/C20H14Cl2N4O2/c21-14-3-6-16(19(22)9-14)17-10-24-11-18(17)20(25-8-7-23-12-25)13-1-4-15(5-2-13)26(27)28/h1-12,20,24H. The molecule has 0 saturated heterocycles. The molecule has 140 valence electrons. The molecule has 2 heterocycles. The van der Waals surface area contributed by atoms with Gasteiger partial charge in [-0.15, -0.1) is 0 Å². The van der Waals surface area contributed by atoms with Crippen LogP contribution in [-0.4, -0.2) is 19.5 Å². The number of nitro benzene ring substituents is 1. The van der Waals surface area contributed by atoms with Gasteiger partial charge in [-0.25, -0.2) is 4.98 Å². The van der Waals surface area contributed by atoms with Crippen molar-refractivity contribution in [3.05, 3.63) is 105 Å². The minimum Gasteiger partial charge on any atom is -0.367 e. The number of nitrogens with zero attached hydrogens (tertiary/aromatic N) is 3. The molecule has 0 aliphatic rings. The van der Waals surface area contributed by atoms with Crippen LogP contribution in [0.1, 0.15) is 17.2 Å². The van der Waals surface area contributed by atoms with E-state index in [1.54, 1.807) is 36.8 Å². The first-order valence-corrected chi connectivity index (χ1v) is 9.14. The lowest BCUT2D eigenvalue weighted by atomic mass is 9.94. The molecular weight excluding hydrogens is 399 g/mol. The van der Waals surface area contributed by atoms with Crippen molar-refractivity contribution < 1.29 is 4.92 Å². The van der Waals surface area contributed by atoms with Crippen LogP contribution in [0.5, 0.6) is 0 Å². The Kier molecular flexibility index (Phi) is 4.90. The molecule has 6 nitrogen and oxygen atoms in total. The molecule has 0 radical (unpaired) electrons. The number of benzene rings is 2. The van der Waals surface area contributed by atoms with E-state index >= 15 is 0 Å². The van der Waals surface area contributed by atoms with Gasteiger partial charge in [0.1, 0.15) is 0 Å². The molecule has 28 heavy (non-hydrogen) atoms. The first kappa shape index (κ1) is 18.3. The van der Waals surface area contributed by atoms with Crippen LogP contribution in [0.4, 0.5) is 5.69 Å². The van der Waals surface area contributed by atoms with E-state index in [0.29, 0.717) is 10.0 Å². The van der Waals surface area contributed by atoms with Crippen molar-refractivity contribution in [2.75, 3.05) is 0 Å². The Morgan fingerprint density at radius 2 is 1.86 bits per heavy atom. The molecule has 2 aromatic carbocycles. The number of imidazole rings is 1. The quantitative estimate of drug-likeness (QED) is 0.335. The van der Waals surface area contributed by atoms with Gasteiger partial charge in [0, 0.05) is 63.7 Å². The van der Waals surface area contributed by atoms with Crippen molar-refractivity contribution in [2.24, 2.45) is 0 Å². The Labute approximate surface area is 170 Å². The van der Waals surface area contributed by atoms with E-state index in [-0.39, 0.29) is 11.7 Å². The molecule has 2 aromatic heterocycles. The lowest BCUT2D eigenvalue weighted by Gasteiger charge is -2.20. The van der Waals surface area contributed by atoms with Gasteiger partial charge >= 0.3 is 0 Å². The van der Waals surface area contributed by atoms with Crippen LogP contribution in [0.25, 0.3) is 11.1 Å². The number of hydrogen-bond donors (Lipinski definition) is 1. The molecule has 0 aliphatic carbocycles. The van der Waals surface area contributed by atoms with E-state index in [0.717, 1.165) is 22.3 Å². The van der Waals surface area contributed by atoms with Crippen molar-refractivity contribution in [3.63, 3.8) is 0 Å². The fourth-order valence-electron chi connectivity index (χ4n) is 3.26. The molecule has 1 N–H and O–H groups in total. The van der Waals surface area contributed by atoms with Gasteiger partial charge in [-0.05, 0) is 29.8 Å². The highest BCUT2D eigenvalue weighted by Gasteiger charge is 2.22. The van der Waals surface area contributed by atoms with Crippen LogP contribution in [-0.2, 0) is 0 Å². The maximum Gasteiger partial charge on any atom is 0.269 e. The molecule has 0 fully saturated rings. The van der Waals surface area contributed by atoms with Gasteiger partial charge in [-0.2, -0.15) is 0 Å². The summed E-state index contributed by atoms with van der Waals surface area (Å²) in [4.78, 5) is 17.9. The number of rotatable bonds is 5. The van der Waals surface area contributed by atoms with Crippen LogP contribution >= 0.6 is 23.2 Å². The van der Waals surface area contributed by atoms with Crippen molar-refractivity contribution >= 4 is 28.9 Å². The number of aromatic amines is 1. The number of nitrogens with one attached hydrogen (secondary N) is 1. The zero-order valence-electron chi connectivity index (χ0n) is 14.4. The number of aromatic nitrogens is 3. The monoisotopic (exact) mass is 412 g/mol. The molecule has 8 heteroatoms. The minimum absolute atomic E-state index is 0.0446. The van der Waals surface area contributed by atoms with Crippen molar-refractivity contribution in [2.45, 2.75) is 6.04 Å². The summed E-state index contributed by atoms with van der Waals surface area (Å²) in [5.41, 5.74) is 3.64. The van der Waals surface area contributed by atoms with Gasteiger partial charge in [0.15, 0.2) is 0 Å². The van der Waals surface area contributed by atoms with Crippen LogP contribution in [0.2, 0.25) is 10.0 Å². The summed E-state index contributed by atoms with van der Waals surface area (Å²) >= 11 is 12.5. The Morgan fingerprint density at radius 3 is 2.50 bits per heavy atom. The number of hydrogen-bond acceptors (Lipinski definition) is 3. The van der Waals surface area contributed by atoms with Gasteiger partial charge in [-0.1, -0.05) is 29.3 Å². The zero-order valence-corrected chi connectivity index (χ0v) is 15.9. The van der Waals surface area contributed by atoms with Crippen LogP contribution in [0.15, 0.2) is 73.6 Å². The highest BCUT2D eigenvalue weighted by molar-refractivity contribution is 6.36. The second-order valence-corrected chi connectivity index (χ2v) is 7.05. The maximum atomic E-state index is 11.0. The number of halogens is 2. The Morgan fingerprint density at radius 1 is 1.07 bits per heavy atom. The lowest BCUT2D eigenvalue weighted by Crippen LogP contribution is -2.11. The lowest BCUT2D eigenvalue weighted by molar-refractivity contribution is -0.384. The fourth-order valence-corrected chi connectivity index (χ4v) is 3.77. The Bertz CT molecular complexity index is 1120. The number of non-ortho nitro benzene ring substituents is 1. The minimum atomic E-state index is -0.411. The third-order valence-corrected chi connectivity index (χ3v) is 5.08. The third kappa shape index (κ3) is 3.40. The molecule has 1 unspecified atom stereocenters. The van der Waals surface area contributed by atoms with Gasteiger partial charge in [0.05, 0.1) is 17.3 Å². The first-order chi connectivity index (χ1) is 13.5. The molecular formula is C20H14Cl2N4O2. The van der Waals surface area contributed by atoms with Gasteiger partial charge in [0.2, 0.25) is 0 Å². The fraction of sp³-hybridized carbons (Fsp3) is 0.0500. The summed E-state index contributed by atoms with van der Waals surface area (Å²) < 4.78 is 1.94. The second kappa shape index (κ2) is 7.50. The van der Waals surface area contributed by atoms with Crippen LogP contribution < -0.4 is 0 Å². The van der Waals surface area contributed by atoms with Gasteiger partial charge < -0.3 is 9.55 Å². The summed E-state index contributed by atoms with van der Waals surface area (Å²) in [6, 6.07) is 11.6. The smallest absolute Gasteiger partial charge is 0.269 e. The summed E-state index contributed by atoms with van der Waals surface area (Å²) in [6.45, 7) is 0. The predicted molar refractivity (Wildman–Crippen MR) is 109 cm³/mol. The Hall–Kier alpha value is -3.09. The largest absolute Gasteiger partial charge is 0.367 e. The topological polar surface area (TPSA) is 76.8 Å². The number of nitro groups is 1. The van der Waals surface area contributed by atoms with Gasteiger partial charge in [0.25, 0.3) is 5.69 Å². The van der Waals surface area contributed by atoms with E-state index in [9.17, 15) is 10.1 Å². The molecule has 1 atom stereocenters. The number of H-pyrrole nitrogens is 1. The zero-order chi connectivity index (χ0) is 19.7. The van der Waals surface area contributed by atoms with E-state index in [2.05, 4.69) is 9.97 Å². The van der Waals surface area contributed by atoms with Crippen LogP contribution in [0.3, 0.4) is 0 Å².